The first kappa shape index (κ1) is 12.3. The Balaban J connectivity index is 2.43. The first-order chi connectivity index (χ1) is 8.63. The predicted molar refractivity (Wildman–Crippen MR) is 74.4 cm³/mol. The van der Waals surface area contributed by atoms with Crippen LogP contribution in [0.25, 0.3) is 11.1 Å². The van der Waals surface area contributed by atoms with Gasteiger partial charge >= 0.3 is 0 Å². The molecule has 0 saturated heterocycles. The quantitative estimate of drug-likeness (QED) is 0.899. The molecule has 0 saturated carbocycles. The number of rotatable bonds is 3. The lowest BCUT2D eigenvalue weighted by Crippen LogP contribution is -2.07. The zero-order valence-electron chi connectivity index (χ0n) is 10.8. The number of hydrogen-bond donors (Lipinski definition) is 1. The number of hydrogen-bond acceptors (Lipinski definition) is 3. The van der Waals surface area contributed by atoms with E-state index in [1.165, 1.54) is 0 Å². The van der Waals surface area contributed by atoms with Crippen molar-refractivity contribution in [3.8, 4) is 22.6 Å². The number of anilines is 1. The molecule has 2 aromatic rings. The zero-order chi connectivity index (χ0) is 13.1. The maximum Gasteiger partial charge on any atom is 0.165 e. The highest BCUT2D eigenvalue weighted by molar-refractivity contribution is 5.74. The maximum atomic E-state index is 10.1. The van der Waals surface area contributed by atoms with Gasteiger partial charge in [0.25, 0.3) is 0 Å². The van der Waals surface area contributed by atoms with Crippen LogP contribution in [0, 0.1) is 0 Å². The van der Waals surface area contributed by atoms with Gasteiger partial charge in [0.2, 0.25) is 0 Å². The van der Waals surface area contributed by atoms with Crippen molar-refractivity contribution < 1.29 is 9.84 Å². The summed E-state index contributed by atoms with van der Waals surface area (Å²) in [5.41, 5.74) is 2.87. The van der Waals surface area contributed by atoms with Crippen LogP contribution in [0.3, 0.4) is 0 Å². The minimum Gasteiger partial charge on any atom is -0.504 e. The Bertz CT molecular complexity index is 533. The molecule has 0 aliphatic rings. The van der Waals surface area contributed by atoms with E-state index in [0.29, 0.717) is 5.75 Å². The van der Waals surface area contributed by atoms with E-state index in [9.17, 15) is 5.11 Å². The lowest BCUT2D eigenvalue weighted by Gasteiger charge is -2.13. The number of phenols is 1. The van der Waals surface area contributed by atoms with Gasteiger partial charge in [0.05, 0.1) is 7.11 Å². The van der Waals surface area contributed by atoms with Gasteiger partial charge in [-0.3, -0.25) is 0 Å². The van der Waals surface area contributed by atoms with Crippen molar-refractivity contribution in [3.05, 3.63) is 42.5 Å². The third-order valence-corrected chi connectivity index (χ3v) is 2.91. The smallest absolute Gasteiger partial charge is 0.165 e. The molecule has 0 bridgehead atoms. The van der Waals surface area contributed by atoms with Crippen LogP contribution < -0.4 is 9.64 Å². The molecule has 0 fully saturated rings. The maximum absolute atomic E-state index is 10.1. The Morgan fingerprint density at radius 2 is 1.67 bits per heavy atom. The van der Waals surface area contributed by atoms with Crippen LogP contribution in [-0.4, -0.2) is 26.3 Å². The van der Waals surface area contributed by atoms with E-state index in [-0.39, 0.29) is 5.75 Å². The standard InChI is InChI=1S/C15H17NO2/c1-16(2)12-9-7-11(8-10-12)13-5-4-6-14(18-3)15(13)17/h4-10,17H,1-3H3. The van der Waals surface area contributed by atoms with Crippen molar-refractivity contribution in [3.63, 3.8) is 0 Å². The Morgan fingerprint density at radius 3 is 2.22 bits per heavy atom. The van der Waals surface area contributed by atoms with E-state index in [2.05, 4.69) is 0 Å². The summed E-state index contributed by atoms with van der Waals surface area (Å²) in [4.78, 5) is 2.04. The van der Waals surface area contributed by atoms with Gasteiger partial charge in [0.1, 0.15) is 0 Å². The van der Waals surface area contributed by atoms with Crippen molar-refractivity contribution in [2.24, 2.45) is 0 Å². The average molecular weight is 243 g/mol. The van der Waals surface area contributed by atoms with Gasteiger partial charge in [-0.25, -0.2) is 0 Å². The van der Waals surface area contributed by atoms with Crippen molar-refractivity contribution in [2.45, 2.75) is 0 Å². The van der Waals surface area contributed by atoms with Gasteiger partial charge in [0.15, 0.2) is 11.5 Å². The number of para-hydroxylation sites is 1. The van der Waals surface area contributed by atoms with Crippen LogP contribution in [0.4, 0.5) is 5.69 Å². The summed E-state index contributed by atoms with van der Waals surface area (Å²) in [5.74, 6) is 0.668. The number of aromatic hydroxyl groups is 1. The molecule has 0 spiro atoms. The number of ether oxygens (including phenoxy) is 1. The zero-order valence-corrected chi connectivity index (χ0v) is 10.8. The first-order valence-electron chi connectivity index (χ1n) is 5.77. The lowest BCUT2D eigenvalue weighted by molar-refractivity contribution is 0.374. The number of methoxy groups -OCH3 is 1. The summed E-state index contributed by atoms with van der Waals surface area (Å²) in [6.07, 6.45) is 0. The molecule has 94 valence electrons. The molecule has 3 heteroatoms. The predicted octanol–water partition coefficient (Wildman–Crippen LogP) is 3.13. The van der Waals surface area contributed by atoms with Crippen LogP contribution in [0.15, 0.2) is 42.5 Å². The van der Waals surface area contributed by atoms with E-state index >= 15 is 0 Å². The molecule has 0 aliphatic carbocycles. The summed E-state index contributed by atoms with van der Waals surface area (Å²) < 4.78 is 5.11. The summed E-state index contributed by atoms with van der Waals surface area (Å²) in [6, 6.07) is 13.5. The van der Waals surface area contributed by atoms with E-state index in [1.54, 1.807) is 13.2 Å². The Hall–Kier alpha value is -2.16. The van der Waals surface area contributed by atoms with Crippen molar-refractivity contribution >= 4 is 5.69 Å². The second-order valence-corrected chi connectivity index (χ2v) is 4.30. The van der Waals surface area contributed by atoms with E-state index < -0.39 is 0 Å². The molecule has 2 rings (SSSR count). The van der Waals surface area contributed by atoms with Crippen LogP contribution in [-0.2, 0) is 0 Å². The average Bonchev–Trinajstić information content (AvgIpc) is 2.39. The topological polar surface area (TPSA) is 32.7 Å². The van der Waals surface area contributed by atoms with Crippen LogP contribution in [0.2, 0.25) is 0 Å². The Morgan fingerprint density at radius 1 is 1.00 bits per heavy atom. The number of nitrogens with zero attached hydrogens (tertiary/aromatic N) is 1. The number of phenolic OH excluding ortho intramolecular Hbond substituents is 1. The highest BCUT2D eigenvalue weighted by Gasteiger charge is 2.09. The fraction of sp³-hybridized carbons (Fsp3) is 0.200. The molecule has 0 radical (unpaired) electrons. The van der Waals surface area contributed by atoms with Crippen molar-refractivity contribution in [1.82, 2.24) is 0 Å². The first-order valence-corrected chi connectivity index (χ1v) is 5.77. The summed E-state index contributed by atoms with van der Waals surface area (Å²) in [7, 11) is 5.55. The second-order valence-electron chi connectivity index (χ2n) is 4.30. The molecule has 0 heterocycles. The molecule has 0 aromatic heterocycles. The van der Waals surface area contributed by atoms with Crippen molar-refractivity contribution in [2.75, 3.05) is 26.1 Å². The largest absolute Gasteiger partial charge is 0.504 e. The van der Waals surface area contributed by atoms with Crippen LogP contribution in [0.1, 0.15) is 0 Å². The van der Waals surface area contributed by atoms with E-state index in [1.807, 2.05) is 55.4 Å². The van der Waals surface area contributed by atoms with Crippen molar-refractivity contribution in [1.29, 1.82) is 0 Å². The van der Waals surface area contributed by atoms with E-state index in [4.69, 9.17) is 4.74 Å². The van der Waals surface area contributed by atoms with Gasteiger partial charge in [-0.15, -0.1) is 0 Å². The molecular weight excluding hydrogens is 226 g/mol. The third-order valence-electron chi connectivity index (χ3n) is 2.91. The molecular formula is C15H17NO2. The van der Waals surface area contributed by atoms with Gasteiger partial charge in [0, 0.05) is 25.3 Å². The minimum atomic E-state index is 0.178. The summed E-state index contributed by atoms with van der Waals surface area (Å²) in [6.45, 7) is 0. The molecule has 0 unspecified atom stereocenters. The molecule has 1 N–H and O–H groups in total. The molecule has 3 nitrogen and oxygen atoms in total. The second kappa shape index (κ2) is 5.00. The summed E-state index contributed by atoms with van der Waals surface area (Å²) in [5, 5.41) is 10.1. The molecule has 2 aromatic carbocycles. The third kappa shape index (κ3) is 2.25. The minimum absolute atomic E-state index is 0.178. The van der Waals surface area contributed by atoms with Gasteiger partial charge in [-0.1, -0.05) is 24.3 Å². The van der Waals surface area contributed by atoms with Gasteiger partial charge in [-0.2, -0.15) is 0 Å². The lowest BCUT2D eigenvalue weighted by atomic mass is 10.0. The molecule has 0 aliphatic heterocycles. The summed E-state index contributed by atoms with van der Waals surface area (Å²) >= 11 is 0. The monoisotopic (exact) mass is 243 g/mol. The molecule has 0 amide bonds. The Labute approximate surface area is 107 Å². The van der Waals surface area contributed by atoms with E-state index in [0.717, 1.165) is 16.8 Å². The van der Waals surface area contributed by atoms with Gasteiger partial charge in [-0.05, 0) is 23.8 Å². The number of benzene rings is 2. The fourth-order valence-corrected chi connectivity index (χ4v) is 1.86. The molecule has 18 heavy (non-hydrogen) atoms. The normalized spacial score (nSPS) is 10.2. The molecule has 0 atom stereocenters. The SMILES string of the molecule is COc1cccc(-c2ccc(N(C)C)cc2)c1O. The Kier molecular flexibility index (Phi) is 3.42. The van der Waals surface area contributed by atoms with Crippen LogP contribution in [0.5, 0.6) is 11.5 Å². The highest BCUT2D eigenvalue weighted by Crippen LogP contribution is 2.37. The fourth-order valence-electron chi connectivity index (χ4n) is 1.86. The van der Waals surface area contributed by atoms with Gasteiger partial charge < -0.3 is 14.7 Å². The highest BCUT2D eigenvalue weighted by atomic mass is 16.5. The van der Waals surface area contributed by atoms with Crippen LogP contribution >= 0.6 is 0 Å².